The first-order chi connectivity index (χ1) is 35.1. The van der Waals surface area contributed by atoms with E-state index in [1.807, 2.05) is 18.2 Å². The molecule has 0 saturated heterocycles. The Morgan fingerprint density at radius 1 is 0.306 bits per heavy atom. The summed E-state index contributed by atoms with van der Waals surface area (Å²) >= 11 is 0. The highest BCUT2D eigenvalue weighted by Crippen LogP contribution is 2.30. The number of hydrogen-bond donors (Lipinski definition) is 0. The number of nitrogens with zero attached hydrogens (tertiary/aromatic N) is 4. The van der Waals surface area contributed by atoms with Crippen LogP contribution < -0.4 is 9.47 Å². The van der Waals surface area contributed by atoms with Gasteiger partial charge in [0.15, 0.2) is 0 Å². The summed E-state index contributed by atoms with van der Waals surface area (Å²) in [5.74, 6) is -0.343. The third-order valence-corrected chi connectivity index (χ3v) is 12.0. The quantitative estimate of drug-likeness (QED) is 0.0625. The lowest BCUT2D eigenvalue weighted by Gasteiger charge is -2.10. The minimum atomic E-state index is -0.384. The van der Waals surface area contributed by atoms with E-state index in [1.54, 1.807) is 146 Å². The van der Waals surface area contributed by atoms with E-state index in [0.29, 0.717) is 86.8 Å². The van der Waals surface area contributed by atoms with Gasteiger partial charge in [0.1, 0.15) is 34.8 Å². The Kier molecular flexibility index (Phi) is 18.1. The average Bonchev–Trinajstić information content (AvgIpc) is 3.41. The standard InChI is InChI=1S/C32H26F2N2O.C30H22F2N2O/c33-31-19-23(10-16-29(31)26-11-6-24(21-35)7-12-26)5-3-1-2-4-18-37-28-15-17-30(32(34)20-28)27-13-8-25(22-36)9-14-27;31-29-17-21(8-14-27(29)24-9-4-22(19-33)5-10-24)3-1-2-16-35-26-13-15-28(30(32)18-26)25-11-6-23(20-34)7-12-25/h6-17,19-20H,1-5,18H2;4-15,17-18H,1-3,16H2. The summed E-state index contributed by atoms with van der Waals surface area (Å²) in [7, 11) is 0. The molecule has 0 aliphatic rings. The molecule has 0 aliphatic heterocycles. The van der Waals surface area contributed by atoms with E-state index in [-0.39, 0.29) is 23.3 Å². The van der Waals surface area contributed by atoms with E-state index >= 15 is 0 Å². The van der Waals surface area contributed by atoms with Gasteiger partial charge >= 0.3 is 0 Å². The Hall–Kier alpha value is -8.96. The van der Waals surface area contributed by atoms with Gasteiger partial charge in [-0.15, -0.1) is 0 Å². The van der Waals surface area contributed by atoms with Crippen molar-refractivity contribution in [3.63, 3.8) is 0 Å². The number of aryl methyl sites for hydroxylation is 2. The highest BCUT2D eigenvalue weighted by molar-refractivity contribution is 5.68. The fraction of sp³-hybridized carbons (Fsp3) is 0.161. The van der Waals surface area contributed by atoms with Gasteiger partial charge in [-0.3, -0.25) is 0 Å². The number of nitriles is 4. The molecule has 0 bridgehead atoms. The molecular weight excluding hydrogens is 909 g/mol. The zero-order valence-corrected chi connectivity index (χ0v) is 39.4. The van der Waals surface area contributed by atoms with Crippen molar-refractivity contribution in [2.24, 2.45) is 0 Å². The lowest BCUT2D eigenvalue weighted by molar-refractivity contribution is 0.303. The predicted octanol–water partition coefficient (Wildman–Crippen LogP) is 15.7. The molecule has 10 heteroatoms. The maximum atomic E-state index is 14.6. The lowest BCUT2D eigenvalue weighted by atomic mass is 9.99. The van der Waals surface area contributed by atoms with Gasteiger partial charge in [-0.25, -0.2) is 17.6 Å². The molecule has 0 unspecified atom stereocenters. The number of halogens is 4. The van der Waals surface area contributed by atoms with Crippen molar-refractivity contribution in [1.82, 2.24) is 0 Å². The van der Waals surface area contributed by atoms with E-state index in [0.717, 1.165) is 67.2 Å². The zero-order valence-electron chi connectivity index (χ0n) is 39.4. The molecule has 8 aromatic carbocycles. The summed E-state index contributed by atoms with van der Waals surface area (Å²) in [6.07, 6.45) is 6.83. The maximum absolute atomic E-state index is 14.6. The molecule has 0 saturated carbocycles. The molecule has 356 valence electrons. The fourth-order valence-corrected chi connectivity index (χ4v) is 8.03. The van der Waals surface area contributed by atoms with E-state index in [1.165, 1.54) is 12.1 Å². The molecule has 0 N–H and O–H groups in total. The summed E-state index contributed by atoms with van der Waals surface area (Å²) in [6.45, 7) is 0.936. The molecule has 0 amide bonds. The Labute approximate surface area is 417 Å². The van der Waals surface area contributed by atoms with Gasteiger partial charge in [-0.2, -0.15) is 21.0 Å². The number of benzene rings is 8. The molecule has 0 heterocycles. The molecule has 6 nitrogen and oxygen atoms in total. The van der Waals surface area contributed by atoms with Crippen molar-refractivity contribution in [2.45, 2.75) is 51.4 Å². The predicted molar refractivity (Wildman–Crippen MR) is 272 cm³/mol. The monoisotopic (exact) mass is 956 g/mol. The first-order valence-electron chi connectivity index (χ1n) is 23.6. The number of hydrogen-bond acceptors (Lipinski definition) is 6. The molecule has 0 aromatic heterocycles. The van der Waals surface area contributed by atoms with Crippen LogP contribution in [0.5, 0.6) is 11.5 Å². The van der Waals surface area contributed by atoms with Crippen molar-refractivity contribution in [3.8, 4) is 80.3 Å². The van der Waals surface area contributed by atoms with E-state index < -0.39 is 0 Å². The minimum absolute atomic E-state index is 0.256. The second-order valence-corrected chi connectivity index (χ2v) is 17.0. The highest BCUT2D eigenvalue weighted by atomic mass is 19.1. The van der Waals surface area contributed by atoms with Crippen molar-refractivity contribution < 1.29 is 27.0 Å². The van der Waals surface area contributed by atoms with Crippen LogP contribution in [-0.4, -0.2) is 13.2 Å². The fourth-order valence-electron chi connectivity index (χ4n) is 8.03. The summed E-state index contributed by atoms with van der Waals surface area (Å²) in [6, 6.07) is 55.7. The first kappa shape index (κ1) is 50.9. The van der Waals surface area contributed by atoms with Crippen LogP contribution in [0.2, 0.25) is 0 Å². The molecule has 72 heavy (non-hydrogen) atoms. The van der Waals surface area contributed by atoms with E-state index in [2.05, 4.69) is 18.2 Å². The van der Waals surface area contributed by atoms with Gasteiger partial charge in [-0.05, 0) is 157 Å². The normalized spacial score (nSPS) is 10.4. The number of unbranched alkanes of at least 4 members (excludes halogenated alkanes) is 4. The highest BCUT2D eigenvalue weighted by Gasteiger charge is 2.11. The Morgan fingerprint density at radius 3 is 0.889 bits per heavy atom. The SMILES string of the molecule is N#Cc1ccc(-c2ccc(CCCCCCOc3ccc(-c4ccc(C#N)cc4)c(F)c3)cc2F)cc1.N#Cc1ccc(-c2ccc(CCCCOc3ccc(-c4ccc(C#N)cc4)c(F)c3)cc2F)cc1. The number of rotatable bonds is 18. The second-order valence-electron chi connectivity index (χ2n) is 17.0. The van der Waals surface area contributed by atoms with Crippen LogP contribution in [0.1, 0.15) is 71.9 Å². The minimum Gasteiger partial charge on any atom is -0.493 e. The topological polar surface area (TPSA) is 114 Å². The Morgan fingerprint density at radius 2 is 0.583 bits per heavy atom. The third-order valence-electron chi connectivity index (χ3n) is 12.0. The van der Waals surface area contributed by atoms with Crippen LogP contribution >= 0.6 is 0 Å². The molecule has 0 aliphatic carbocycles. The molecule has 8 rings (SSSR count). The molecule has 0 radical (unpaired) electrons. The van der Waals surface area contributed by atoms with Crippen molar-refractivity contribution in [1.29, 1.82) is 21.0 Å². The summed E-state index contributed by atoms with van der Waals surface area (Å²) in [5.41, 5.74) is 8.89. The van der Waals surface area contributed by atoms with Gasteiger partial charge in [0.2, 0.25) is 0 Å². The Bertz CT molecular complexity index is 3050. The summed E-state index contributed by atoms with van der Waals surface area (Å²) in [4.78, 5) is 0. The Balaban J connectivity index is 0.000000212. The van der Waals surface area contributed by atoms with Crippen LogP contribution in [0.3, 0.4) is 0 Å². The van der Waals surface area contributed by atoms with Crippen molar-refractivity contribution in [2.75, 3.05) is 13.2 Å². The van der Waals surface area contributed by atoms with Gasteiger partial charge in [0.05, 0.1) is 59.7 Å². The summed E-state index contributed by atoms with van der Waals surface area (Å²) in [5, 5.41) is 35.6. The van der Waals surface area contributed by atoms with Crippen LogP contribution in [-0.2, 0) is 12.8 Å². The van der Waals surface area contributed by atoms with Crippen molar-refractivity contribution in [3.05, 3.63) is 227 Å². The first-order valence-corrected chi connectivity index (χ1v) is 23.6. The van der Waals surface area contributed by atoms with Crippen LogP contribution in [0.25, 0.3) is 44.5 Å². The zero-order chi connectivity index (χ0) is 50.7. The molecular formula is C62H48F4N4O2. The van der Waals surface area contributed by atoms with Gasteiger partial charge in [0, 0.05) is 34.4 Å². The molecule has 0 fully saturated rings. The van der Waals surface area contributed by atoms with Crippen molar-refractivity contribution >= 4 is 0 Å². The second kappa shape index (κ2) is 25.6. The van der Waals surface area contributed by atoms with Crippen LogP contribution in [0.15, 0.2) is 170 Å². The van der Waals surface area contributed by atoms with Gasteiger partial charge in [0.25, 0.3) is 0 Å². The van der Waals surface area contributed by atoms with E-state index in [9.17, 15) is 17.6 Å². The lowest BCUT2D eigenvalue weighted by Crippen LogP contribution is -1.99. The average molecular weight is 957 g/mol. The largest absolute Gasteiger partial charge is 0.493 e. The third kappa shape index (κ3) is 14.1. The van der Waals surface area contributed by atoms with Crippen LogP contribution in [0, 0.1) is 68.6 Å². The smallest absolute Gasteiger partial charge is 0.134 e. The summed E-state index contributed by atoms with van der Waals surface area (Å²) < 4.78 is 69.7. The molecule has 0 atom stereocenters. The number of ether oxygens (including phenoxy) is 2. The molecule has 0 spiro atoms. The van der Waals surface area contributed by atoms with Gasteiger partial charge in [-0.1, -0.05) is 85.6 Å². The maximum Gasteiger partial charge on any atom is 0.134 e. The molecule has 8 aromatic rings. The van der Waals surface area contributed by atoms with E-state index in [4.69, 9.17) is 30.5 Å². The van der Waals surface area contributed by atoms with Crippen LogP contribution in [0.4, 0.5) is 17.6 Å². The van der Waals surface area contributed by atoms with Gasteiger partial charge < -0.3 is 9.47 Å².